The quantitative estimate of drug-likeness (QED) is 0.0382. The van der Waals surface area contributed by atoms with Crippen LogP contribution in [-0.2, 0) is 94.9 Å². The van der Waals surface area contributed by atoms with Gasteiger partial charge in [0.15, 0.2) is 56.6 Å². The van der Waals surface area contributed by atoms with Gasteiger partial charge in [-0.25, -0.2) is 0 Å². The van der Waals surface area contributed by atoms with E-state index in [1.54, 1.807) is 0 Å². The molecule has 620 valence electrons. The smallest absolute Gasteiger partial charge is 0.217 e. The fraction of sp³-hybridized carbons (Fsp3) is 0.950. The highest BCUT2D eigenvalue weighted by Gasteiger charge is 2.60. The standard InChI is InChI=1S/C60H101N3O44/c1-13-28(71)37(80)42(85)55(94-13)93-12-24-48(49(27(52(90)96-24)63-17(5)70)105-58-45(88)38(81)29(72)14(2)95-58)104-54-26(62-16(4)69)36(79)47(21(9-67)100-54)103-59-46(89)50(106-60-51(41(84)32(75)20(8-66)99-60)107-53-25(61-15(3)68)35(78)30(73)18(6-64)97-53)34(77)23(102-59)11-92-57-44(87)40(83)33(76)22(101-57)10-91-56-43(86)39(82)31(74)19(7-65)98-56/h13-14,18-60,64-67,71-90H,6-12H2,1-5H3,(H,61,68)(H,62,69)(H,63,70)/t13-,14-,18+,19+,20+,21+,22+,23+,24+,25+,26+,27+,28+,29+,30+,31+,32+,33+,34+,35+,36+,37+,38+,39-,40-,41-,42-,43-,44-,45-,46-,47+,48+,49+,50-,51-,52+,53-,54-,55+,56-,57-,58-,59-,60+/m0/s1. The lowest BCUT2D eigenvalue weighted by Crippen LogP contribution is -2.71. The summed E-state index contributed by atoms with van der Waals surface area (Å²) in [7, 11) is 0. The van der Waals surface area contributed by atoms with Crippen molar-refractivity contribution in [1.29, 1.82) is 0 Å². The van der Waals surface area contributed by atoms with E-state index >= 15 is 0 Å². The van der Waals surface area contributed by atoms with Crippen molar-refractivity contribution in [1.82, 2.24) is 16.0 Å². The first-order valence-corrected chi connectivity index (χ1v) is 34.3. The second-order valence-corrected chi connectivity index (χ2v) is 27.5. The predicted octanol–water partition coefficient (Wildman–Crippen LogP) is -18.1. The van der Waals surface area contributed by atoms with Crippen molar-refractivity contribution in [2.45, 2.75) is 311 Å². The van der Waals surface area contributed by atoms with Crippen LogP contribution in [0.5, 0.6) is 0 Å². The lowest BCUT2D eigenvalue weighted by atomic mass is 9.93. The molecule has 9 fully saturated rings. The van der Waals surface area contributed by atoms with Crippen LogP contribution in [0.4, 0.5) is 0 Å². The summed E-state index contributed by atoms with van der Waals surface area (Å²) in [6.45, 7) is -1.65. The van der Waals surface area contributed by atoms with Crippen molar-refractivity contribution in [3.63, 3.8) is 0 Å². The van der Waals surface area contributed by atoms with Crippen molar-refractivity contribution in [2.75, 3.05) is 46.2 Å². The van der Waals surface area contributed by atoms with Gasteiger partial charge < -0.3 is 219 Å². The zero-order valence-electron chi connectivity index (χ0n) is 57.8. The van der Waals surface area contributed by atoms with Gasteiger partial charge in [-0.1, -0.05) is 0 Å². The molecule has 27 N–H and O–H groups in total. The van der Waals surface area contributed by atoms with Crippen molar-refractivity contribution in [2.24, 2.45) is 0 Å². The number of rotatable bonds is 26. The molecule has 9 aliphatic rings. The van der Waals surface area contributed by atoms with Crippen molar-refractivity contribution in [3.8, 4) is 0 Å². The van der Waals surface area contributed by atoms with Gasteiger partial charge in [-0.05, 0) is 13.8 Å². The molecule has 107 heavy (non-hydrogen) atoms. The minimum atomic E-state index is -2.53. The number of nitrogens with one attached hydrogen (secondary N) is 3. The van der Waals surface area contributed by atoms with Crippen LogP contribution in [0.2, 0.25) is 0 Å². The lowest BCUT2D eigenvalue weighted by Gasteiger charge is -2.51. The molecule has 0 unspecified atom stereocenters. The van der Waals surface area contributed by atoms with Crippen LogP contribution in [0, 0.1) is 0 Å². The van der Waals surface area contributed by atoms with Crippen molar-refractivity contribution < 1.29 is 217 Å². The minimum absolute atomic E-state index is 0.858. The summed E-state index contributed by atoms with van der Waals surface area (Å²) in [6, 6.07) is -5.62. The Hall–Kier alpha value is -3.23. The highest BCUT2D eigenvalue weighted by atomic mass is 16.8. The highest BCUT2D eigenvalue weighted by Crippen LogP contribution is 2.39. The van der Waals surface area contributed by atoms with Crippen LogP contribution >= 0.6 is 0 Å². The number of carbonyl (C=O) groups is 3. The number of aliphatic hydroxyl groups excluding tert-OH is 24. The van der Waals surface area contributed by atoms with Crippen LogP contribution in [0.1, 0.15) is 34.6 Å². The summed E-state index contributed by atoms with van der Waals surface area (Å²) in [4.78, 5) is 38.7. The third kappa shape index (κ3) is 19.4. The van der Waals surface area contributed by atoms with E-state index in [1.165, 1.54) is 13.8 Å². The molecule has 0 aromatic rings. The van der Waals surface area contributed by atoms with Gasteiger partial charge in [0, 0.05) is 20.8 Å². The summed E-state index contributed by atoms with van der Waals surface area (Å²) >= 11 is 0. The Kier molecular flexibility index (Phi) is 31.0. The second-order valence-electron chi connectivity index (χ2n) is 27.5. The first kappa shape index (κ1) is 87.7. The SMILES string of the molecule is CC(=O)N[C@@H]1[C@@H](O[C@@H]2O[C@@H](C)[C@@H](O)[C@@H](O)[C@@H]2O)[C@H](O[C@@H]2O[C@H](CO)[C@@H](O[C@@H]3O[C@H](CO[C@H]4O[C@H](CO[C@H]5O[C@H](CO)[C@@H](O)[C@H](O)[C@@H]5O)[C@@H](O)[C@H](O)[C@@H]4O)[C@@H](O)[C@H](O[C@H]4O[C@H](CO)[C@@H](O)[C@H](O)[C@@H]4O[C@@H]4O[C@H](CO)[C@@H](O)[C@H](O)[C@H]4NC(C)=O)[C@@H]3O)[C@H](O)[C@H]2NC(C)=O)[C@@H](CO[C@@H]2O[C@@H](C)[C@@H](O)[C@@H](O)[C@@H]2O)O[C@H]1O. The van der Waals surface area contributed by atoms with Gasteiger partial charge in [-0.2, -0.15) is 0 Å². The molecule has 0 spiro atoms. The first-order valence-electron chi connectivity index (χ1n) is 34.3. The lowest BCUT2D eigenvalue weighted by molar-refractivity contribution is -0.396. The molecule has 0 saturated carbocycles. The molecule has 47 heteroatoms. The van der Waals surface area contributed by atoms with E-state index in [0.29, 0.717) is 0 Å². The van der Waals surface area contributed by atoms with Gasteiger partial charge in [0.2, 0.25) is 17.7 Å². The Labute approximate surface area is 606 Å². The van der Waals surface area contributed by atoms with E-state index < -0.39 is 340 Å². The zero-order valence-corrected chi connectivity index (χ0v) is 57.8. The highest BCUT2D eigenvalue weighted by molar-refractivity contribution is 5.74. The van der Waals surface area contributed by atoms with E-state index in [9.17, 15) is 137 Å². The van der Waals surface area contributed by atoms with Crippen LogP contribution in [0.3, 0.4) is 0 Å². The van der Waals surface area contributed by atoms with Gasteiger partial charge in [0.05, 0.1) is 58.5 Å². The Morgan fingerprint density at radius 1 is 0.262 bits per heavy atom. The molecule has 9 aliphatic heterocycles. The van der Waals surface area contributed by atoms with Crippen LogP contribution in [0.15, 0.2) is 0 Å². The molecule has 0 aliphatic carbocycles. The largest absolute Gasteiger partial charge is 0.394 e. The van der Waals surface area contributed by atoms with E-state index in [4.69, 9.17) is 80.5 Å². The number of hydrogen-bond donors (Lipinski definition) is 27. The Morgan fingerprint density at radius 2 is 0.589 bits per heavy atom. The monoisotopic (exact) mass is 1570 g/mol. The number of hydrogen-bond acceptors (Lipinski definition) is 44. The fourth-order valence-electron chi connectivity index (χ4n) is 13.7. The number of carbonyl (C=O) groups excluding carboxylic acids is 3. The topological polar surface area (TPSA) is 730 Å². The number of amides is 3. The molecule has 0 radical (unpaired) electrons. The Bertz CT molecular complexity index is 2810. The van der Waals surface area contributed by atoms with E-state index in [-0.39, 0.29) is 0 Å². The third-order valence-corrected chi connectivity index (χ3v) is 19.8. The van der Waals surface area contributed by atoms with Crippen LogP contribution in [0.25, 0.3) is 0 Å². The fourth-order valence-corrected chi connectivity index (χ4v) is 13.7. The molecular weight excluding hydrogens is 1470 g/mol. The maximum absolute atomic E-state index is 13.3. The first-order chi connectivity index (χ1) is 50.5. The summed E-state index contributed by atoms with van der Waals surface area (Å²) in [5.74, 6) is -2.72. The third-order valence-electron chi connectivity index (χ3n) is 19.8. The minimum Gasteiger partial charge on any atom is -0.394 e. The molecule has 3 amide bonds. The van der Waals surface area contributed by atoms with Crippen LogP contribution in [-0.4, -0.2) is 463 Å². The summed E-state index contributed by atoms with van der Waals surface area (Å²) in [5.41, 5.74) is 0. The Balaban J connectivity index is 1.05. The van der Waals surface area contributed by atoms with E-state index in [0.717, 1.165) is 20.8 Å². The summed E-state index contributed by atoms with van der Waals surface area (Å²) in [5, 5.41) is 272. The molecule has 9 heterocycles. The average molecular weight is 1570 g/mol. The predicted molar refractivity (Wildman–Crippen MR) is 329 cm³/mol. The van der Waals surface area contributed by atoms with E-state index in [2.05, 4.69) is 16.0 Å². The molecular formula is C60H101N3O44. The molecule has 45 atom stereocenters. The maximum atomic E-state index is 13.3. The molecule has 0 aromatic carbocycles. The van der Waals surface area contributed by atoms with Gasteiger partial charge >= 0.3 is 0 Å². The molecule has 9 saturated heterocycles. The van der Waals surface area contributed by atoms with Crippen molar-refractivity contribution in [3.05, 3.63) is 0 Å². The van der Waals surface area contributed by atoms with Crippen LogP contribution < -0.4 is 16.0 Å². The van der Waals surface area contributed by atoms with E-state index in [1.807, 2.05) is 0 Å². The maximum Gasteiger partial charge on any atom is 0.217 e. The zero-order chi connectivity index (χ0) is 78.8. The van der Waals surface area contributed by atoms with Gasteiger partial charge in [0.25, 0.3) is 0 Å². The van der Waals surface area contributed by atoms with Crippen molar-refractivity contribution >= 4 is 17.7 Å². The molecule has 0 aromatic heterocycles. The number of aliphatic hydroxyl groups is 24. The van der Waals surface area contributed by atoms with Gasteiger partial charge in [0.1, 0.15) is 207 Å². The molecule has 0 bridgehead atoms. The summed E-state index contributed by atoms with van der Waals surface area (Å²) in [6.07, 6.45) is -83.7. The van der Waals surface area contributed by atoms with Gasteiger partial charge in [-0.15, -0.1) is 0 Å². The second kappa shape index (κ2) is 37.8. The molecule has 9 rings (SSSR count). The summed E-state index contributed by atoms with van der Waals surface area (Å²) < 4.78 is 101. The Morgan fingerprint density at radius 3 is 1.09 bits per heavy atom. The normalized spacial score (nSPS) is 50.7. The number of ether oxygens (including phenoxy) is 17. The molecule has 47 nitrogen and oxygen atoms in total. The van der Waals surface area contributed by atoms with Gasteiger partial charge in [-0.3, -0.25) is 14.4 Å². The average Bonchev–Trinajstić information content (AvgIpc) is 0.764.